The van der Waals surface area contributed by atoms with Crippen molar-refractivity contribution in [1.82, 2.24) is 21.3 Å². The molecule has 1 aromatic carbocycles. The summed E-state index contributed by atoms with van der Waals surface area (Å²) in [4.78, 5) is 87.8. The van der Waals surface area contributed by atoms with E-state index in [-0.39, 0.29) is 38.3 Å². The summed E-state index contributed by atoms with van der Waals surface area (Å²) >= 11 is 0. The molecule has 0 saturated carbocycles. The number of urea groups is 1. The first-order valence-corrected chi connectivity index (χ1v) is 15.0. The Labute approximate surface area is 272 Å². The molecule has 17 nitrogen and oxygen atoms in total. The van der Waals surface area contributed by atoms with Gasteiger partial charge in [-0.05, 0) is 56.7 Å². The average molecular weight is 661 g/mol. The number of ketones is 1. The van der Waals surface area contributed by atoms with E-state index >= 15 is 0 Å². The zero-order chi connectivity index (χ0) is 35.5. The van der Waals surface area contributed by atoms with Crippen LogP contribution in [0.25, 0.3) is 5.53 Å². The number of rotatable bonds is 19. The SMILES string of the molecule is CC(=O)NC(C(=O)NC(CCCNC(N)=O)C(=O)Nc1ccc(COC(=O)NC(CCC(=O)C=[N+]=[N-])C(=O)OC(C)C)cc1)C(C)C. The van der Waals surface area contributed by atoms with E-state index < -0.39 is 65.8 Å². The zero-order valence-electron chi connectivity index (χ0n) is 27.2. The molecule has 258 valence electrons. The normalized spacial score (nSPS) is 12.4. The first-order valence-electron chi connectivity index (χ1n) is 15.0. The van der Waals surface area contributed by atoms with Crippen molar-refractivity contribution in [2.45, 2.75) is 91.1 Å². The van der Waals surface area contributed by atoms with Crippen LogP contribution in [-0.4, -0.2) is 83.4 Å². The minimum Gasteiger partial charge on any atom is -0.461 e. The van der Waals surface area contributed by atoms with E-state index in [0.717, 1.165) is 0 Å². The van der Waals surface area contributed by atoms with E-state index in [1.807, 2.05) is 0 Å². The molecule has 0 aliphatic rings. The number of carbonyl (C=O) groups excluding carboxylic acids is 7. The molecule has 0 bridgehead atoms. The summed E-state index contributed by atoms with van der Waals surface area (Å²) < 4.78 is 10.3. The van der Waals surface area contributed by atoms with E-state index in [4.69, 9.17) is 20.7 Å². The second kappa shape index (κ2) is 20.7. The minimum atomic E-state index is -1.19. The van der Waals surface area contributed by atoms with E-state index in [1.165, 1.54) is 6.92 Å². The molecule has 0 spiro atoms. The number of ether oxygens (including phenoxy) is 2. The molecule has 1 aromatic rings. The highest BCUT2D eigenvalue weighted by Gasteiger charge is 2.28. The summed E-state index contributed by atoms with van der Waals surface area (Å²) in [7, 11) is 0. The van der Waals surface area contributed by atoms with Crippen molar-refractivity contribution in [3.8, 4) is 0 Å². The Kier molecular flexibility index (Phi) is 17.5. The van der Waals surface area contributed by atoms with Gasteiger partial charge in [-0.2, -0.15) is 4.79 Å². The summed E-state index contributed by atoms with van der Waals surface area (Å²) in [5.41, 5.74) is 14.5. The number of esters is 1. The molecule has 1 rings (SSSR count). The molecular weight excluding hydrogens is 616 g/mol. The number of hydrogen-bond acceptors (Lipinski definition) is 9. The van der Waals surface area contributed by atoms with Gasteiger partial charge in [0.2, 0.25) is 23.5 Å². The number of nitrogens with two attached hydrogens (primary N) is 1. The summed E-state index contributed by atoms with van der Waals surface area (Å²) in [6.45, 7) is 8.00. The van der Waals surface area contributed by atoms with Gasteiger partial charge in [0.05, 0.1) is 6.10 Å². The number of anilines is 1. The van der Waals surface area contributed by atoms with Crippen LogP contribution in [-0.2, 0) is 40.1 Å². The number of carbonyl (C=O) groups is 7. The van der Waals surface area contributed by atoms with E-state index in [0.29, 0.717) is 23.9 Å². The fourth-order valence-corrected chi connectivity index (χ4v) is 4.03. The van der Waals surface area contributed by atoms with Gasteiger partial charge in [0.15, 0.2) is 0 Å². The number of amides is 6. The van der Waals surface area contributed by atoms with Gasteiger partial charge in [-0.25, -0.2) is 14.4 Å². The molecule has 17 heteroatoms. The van der Waals surface area contributed by atoms with Gasteiger partial charge in [-0.15, -0.1) is 0 Å². The second-order valence-corrected chi connectivity index (χ2v) is 11.1. The largest absolute Gasteiger partial charge is 0.461 e. The number of nitrogens with one attached hydrogen (secondary N) is 5. The Morgan fingerprint density at radius 1 is 0.915 bits per heavy atom. The molecule has 0 aromatic heterocycles. The van der Waals surface area contributed by atoms with Crippen LogP contribution in [0.3, 0.4) is 0 Å². The summed E-state index contributed by atoms with van der Waals surface area (Å²) in [5, 5.41) is 12.7. The van der Waals surface area contributed by atoms with E-state index in [9.17, 15) is 33.6 Å². The monoisotopic (exact) mass is 660 g/mol. The van der Waals surface area contributed by atoms with Crippen molar-refractivity contribution in [2.24, 2.45) is 11.7 Å². The lowest BCUT2D eigenvalue weighted by Gasteiger charge is -2.25. The highest BCUT2D eigenvalue weighted by atomic mass is 16.6. The Morgan fingerprint density at radius 3 is 2.13 bits per heavy atom. The Bertz CT molecular complexity index is 1310. The van der Waals surface area contributed by atoms with Crippen molar-refractivity contribution < 1.29 is 47.8 Å². The maximum Gasteiger partial charge on any atom is 0.408 e. The fraction of sp³-hybridized carbons (Fsp3) is 0.533. The third-order valence-electron chi connectivity index (χ3n) is 6.31. The molecule has 47 heavy (non-hydrogen) atoms. The smallest absolute Gasteiger partial charge is 0.408 e. The Hall–Kier alpha value is -5.31. The summed E-state index contributed by atoms with van der Waals surface area (Å²) in [5.74, 6) is -3.08. The maximum absolute atomic E-state index is 13.2. The molecule has 0 radical (unpaired) electrons. The summed E-state index contributed by atoms with van der Waals surface area (Å²) in [6, 6.07) is 2.46. The average Bonchev–Trinajstić information content (AvgIpc) is 2.98. The van der Waals surface area contributed by atoms with Gasteiger partial charge >= 0.3 is 24.3 Å². The standard InChI is InChI=1S/C30H44N8O9/c1-17(2)25(35-19(5)39)27(42)37-23(7-6-14-33-29(31)44)26(41)36-21-10-8-20(9-11-21)16-46-30(45)38-24(28(43)47-18(3)4)13-12-22(40)15-34-32/h8-11,15,17-18,23-25H,6-7,12-14,16H2,1-5H3,(H,35,39)(H,36,41)(H,37,42)(H,38,45)(H3,31,33,44). The van der Waals surface area contributed by atoms with Gasteiger partial charge < -0.3 is 47.3 Å². The molecule has 0 saturated heterocycles. The summed E-state index contributed by atoms with van der Waals surface area (Å²) in [6.07, 6.45) is -0.575. The first-order chi connectivity index (χ1) is 22.1. The molecule has 0 aliphatic carbocycles. The van der Waals surface area contributed by atoms with E-state index in [2.05, 4.69) is 31.4 Å². The van der Waals surface area contributed by atoms with Gasteiger partial charge in [0, 0.05) is 25.6 Å². The van der Waals surface area contributed by atoms with Crippen LogP contribution in [0.1, 0.15) is 65.9 Å². The predicted octanol–water partition coefficient (Wildman–Crippen LogP) is 0.915. The zero-order valence-corrected chi connectivity index (χ0v) is 27.2. The molecule has 0 aliphatic heterocycles. The third kappa shape index (κ3) is 16.5. The quantitative estimate of drug-likeness (QED) is 0.0404. The molecule has 0 fully saturated rings. The Balaban J connectivity index is 2.87. The first kappa shape index (κ1) is 39.7. The molecule has 3 unspecified atom stereocenters. The van der Waals surface area contributed by atoms with Crippen molar-refractivity contribution >= 4 is 53.5 Å². The lowest BCUT2D eigenvalue weighted by molar-refractivity contribution is -0.150. The molecule has 6 amide bonds. The van der Waals surface area contributed by atoms with Crippen molar-refractivity contribution in [3.05, 3.63) is 35.4 Å². The number of primary amides is 1. The molecular formula is C30H44N8O9. The molecule has 0 heterocycles. The van der Waals surface area contributed by atoms with Gasteiger partial charge in [-0.3, -0.25) is 19.2 Å². The maximum atomic E-state index is 13.2. The van der Waals surface area contributed by atoms with Crippen LogP contribution in [0.2, 0.25) is 0 Å². The number of Topliss-reactive ketones (excluding diaryl/α,β-unsaturated/α-hetero) is 1. The molecule has 3 atom stereocenters. The molecule has 7 N–H and O–H groups in total. The van der Waals surface area contributed by atoms with Gasteiger partial charge in [0.1, 0.15) is 24.7 Å². The highest BCUT2D eigenvalue weighted by Crippen LogP contribution is 2.13. The van der Waals surface area contributed by atoms with Crippen LogP contribution in [0, 0.1) is 5.92 Å². The lowest BCUT2D eigenvalue weighted by Crippen LogP contribution is -2.54. The third-order valence-corrected chi connectivity index (χ3v) is 6.31. The predicted molar refractivity (Wildman–Crippen MR) is 169 cm³/mol. The van der Waals surface area contributed by atoms with Crippen molar-refractivity contribution in [1.29, 1.82) is 0 Å². The van der Waals surface area contributed by atoms with Crippen LogP contribution in [0.4, 0.5) is 15.3 Å². The highest BCUT2D eigenvalue weighted by molar-refractivity contribution is 6.25. The van der Waals surface area contributed by atoms with Crippen LogP contribution >= 0.6 is 0 Å². The van der Waals surface area contributed by atoms with Crippen LogP contribution in [0.15, 0.2) is 24.3 Å². The van der Waals surface area contributed by atoms with E-state index in [1.54, 1.807) is 52.0 Å². The number of nitrogens with zero attached hydrogens (tertiary/aromatic N) is 2. The van der Waals surface area contributed by atoms with Crippen molar-refractivity contribution in [2.75, 3.05) is 11.9 Å². The lowest BCUT2D eigenvalue weighted by atomic mass is 10.0. The topological polar surface area (TPSA) is 261 Å². The number of hydrogen-bond donors (Lipinski definition) is 6. The van der Waals surface area contributed by atoms with Crippen molar-refractivity contribution in [3.63, 3.8) is 0 Å². The minimum absolute atomic E-state index is 0.117. The second-order valence-electron chi connectivity index (χ2n) is 11.1. The van der Waals surface area contributed by atoms with Gasteiger partial charge in [0.25, 0.3) is 0 Å². The van der Waals surface area contributed by atoms with Crippen LogP contribution < -0.4 is 32.3 Å². The van der Waals surface area contributed by atoms with Gasteiger partial charge in [-0.1, -0.05) is 26.0 Å². The number of benzene rings is 1. The fourth-order valence-electron chi connectivity index (χ4n) is 4.03. The Morgan fingerprint density at radius 2 is 1.57 bits per heavy atom. The van der Waals surface area contributed by atoms with Crippen LogP contribution in [0.5, 0.6) is 0 Å². The number of alkyl carbamates (subject to hydrolysis) is 1.